The molecule has 0 unspecified atom stereocenters. The molecule has 25 heavy (non-hydrogen) atoms. The number of aromatic hydroxyl groups is 1. The number of rotatable bonds is 2. The van der Waals surface area contributed by atoms with Crippen LogP contribution in [0.1, 0.15) is 22.3 Å². The average molecular weight is 328 g/mol. The smallest absolute Gasteiger partial charge is 0.289 e. The predicted molar refractivity (Wildman–Crippen MR) is 98.9 cm³/mol. The van der Waals surface area contributed by atoms with E-state index in [1.165, 1.54) is 0 Å². The second-order valence-corrected chi connectivity index (χ2v) is 6.08. The van der Waals surface area contributed by atoms with Crippen molar-refractivity contribution in [2.45, 2.75) is 6.92 Å². The van der Waals surface area contributed by atoms with Gasteiger partial charge >= 0.3 is 0 Å². The number of allylic oxidation sites excluding steroid dienone is 2. The number of furan rings is 1. The topological polar surface area (TPSA) is 50.4 Å². The van der Waals surface area contributed by atoms with Crippen molar-refractivity contribution in [3.05, 3.63) is 82.9 Å². The molecule has 0 saturated carbocycles. The van der Waals surface area contributed by atoms with Crippen LogP contribution < -0.4 is 0 Å². The zero-order valence-electron chi connectivity index (χ0n) is 13.7. The molecule has 1 N–H and O–H groups in total. The molecule has 0 radical (unpaired) electrons. The van der Waals surface area contributed by atoms with Gasteiger partial charge in [0.25, 0.3) is 5.95 Å². The highest BCUT2D eigenvalue weighted by Crippen LogP contribution is 2.35. The summed E-state index contributed by atoms with van der Waals surface area (Å²) in [7, 11) is 0. The van der Waals surface area contributed by atoms with E-state index in [4.69, 9.17) is 4.42 Å². The number of hydrogen-bond donors (Lipinski definition) is 1. The third-order valence-electron chi connectivity index (χ3n) is 4.31. The zero-order valence-corrected chi connectivity index (χ0v) is 13.7. The van der Waals surface area contributed by atoms with Gasteiger partial charge in [-0.1, -0.05) is 60.2 Å². The highest BCUT2D eigenvalue weighted by atomic mass is 16.5. The van der Waals surface area contributed by atoms with Crippen molar-refractivity contribution in [1.29, 1.82) is 0 Å². The quantitative estimate of drug-likeness (QED) is 0.666. The Bertz CT molecular complexity index is 1020. The number of benzene rings is 2. The normalized spacial score (nSPS) is 14.8. The van der Waals surface area contributed by atoms with Gasteiger partial charge in [-0.25, -0.2) is 0 Å². The van der Waals surface area contributed by atoms with Crippen molar-refractivity contribution in [2.75, 3.05) is 0 Å². The van der Waals surface area contributed by atoms with E-state index in [-0.39, 0.29) is 11.7 Å². The predicted octanol–water partition coefficient (Wildman–Crippen LogP) is 5.10. The van der Waals surface area contributed by atoms with E-state index in [0.29, 0.717) is 16.9 Å². The van der Waals surface area contributed by atoms with E-state index in [1.54, 1.807) is 18.2 Å². The molecule has 0 bridgehead atoms. The highest BCUT2D eigenvalue weighted by molar-refractivity contribution is 6.33. The maximum atomic E-state index is 12.3. The summed E-state index contributed by atoms with van der Waals surface area (Å²) in [6, 6.07) is 17.3. The molecule has 0 spiro atoms. The summed E-state index contributed by atoms with van der Waals surface area (Å²) in [4.78, 5) is 12.3. The van der Waals surface area contributed by atoms with Gasteiger partial charge in [-0.2, -0.15) is 0 Å². The molecule has 1 aromatic heterocycles. The fraction of sp³-hybridized carbons (Fsp3) is 0.0455. The lowest BCUT2D eigenvalue weighted by molar-refractivity contribution is -0.109. The summed E-state index contributed by atoms with van der Waals surface area (Å²) in [6.07, 6.45) is 5.04. The van der Waals surface area contributed by atoms with Gasteiger partial charge < -0.3 is 9.52 Å². The molecule has 122 valence electrons. The Morgan fingerprint density at radius 3 is 2.56 bits per heavy atom. The van der Waals surface area contributed by atoms with Crippen molar-refractivity contribution in [1.82, 2.24) is 0 Å². The van der Waals surface area contributed by atoms with Gasteiger partial charge in [0.05, 0.1) is 5.56 Å². The molecule has 1 aliphatic carbocycles. The number of carbonyl (C=O) groups excluding carboxylic acids is 1. The molecule has 3 heteroatoms. The van der Waals surface area contributed by atoms with Gasteiger partial charge in [0.1, 0.15) is 5.76 Å². The van der Waals surface area contributed by atoms with E-state index in [9.17, 15) is 9.90 Å². The van der Waals surface area contributed by atoms with Crippen LogP contribution in [0.3, 0.4) is 0 Å². The summed E-state index contributed by atoms with van der Waals surface area (Å²) in [6.45, 7) is 2.01. The van der Waals surface area contributed by atoms with Crippen molar-refractivity contribution in [3.63, 3.8) is 0 Å². The van der Waals surface area contributed by atoms with E-state index in [2.05, 4.69) is 0 Å². The molecule has 0 fully saturated rings. The fourth-order valence-corrected chi connectivity index (χ4v) is 2.94. The lowest BCUT2D eigenvalue weighted by Gasteiger charge is -2.12. The molecule has 1 heterocycles. The summed E-state index contributed by atoms with van der Waals surface area (Å²) in [5.41, 5.74) is 4.90. The van der Waals surface area contributed by atoms with E-state index < -0.39 is 0 Å². The Labute approximate surface area is 145 Å². The number of aryl methyl sites for hydroxylation is 1. The summed E-state index contributed by atoms with van der Waals surface area (Å²) in [5, 5.41) is 10.2. The summed E-state index contributed by atoms with van der Waals surface area (Å²) >= 11 is 0. The zero-order chi connectivity index (χ0) is 17.4. The van der Waals surface area contributed by atoms with Gasteiger partial charge in [-0.3, -0.25) is 4.79 Å². The van der Waals surface area contributed by atoms with Crippen LogP contribution in [-0.2, 0) is 4.79 Å². The molecule has 0 amide bonds. The Kier molecular flexibility index (Phi) is 3.62. The first-order valence-corrected chi connectivity index (χ1v) is 8.05. The van der Waals surface area contributed by atoms with Gasteiger partial charge in [0, 0.05) is 11.1 Å². The van der Waals surface area contributed by atoms with E-state index in [1.807, 2.05) is 61.5 Å². The van der Waals surface area contributed by atoms with Crippen LogP contribution in [0.2, 0.25) is 0 Å². The minimum atomic E-state index is -0.192. The van der Waals surface area contributed by atoms with Crippen molar-refractivity contribution < 1.29 is 14.3 Å². The van der Waals surface area contributed by atoms with Crippen LogP contribution in [-0.4, -0.2) is 10.9 Å². The highest BCUT2D eigenvalue weighted by Gasteiger charge is 2.19. The fourth-order valence-electron chi connectivity index (χ4n) is 2.94. The molecule has 1 aliphatic rings. The molecule has 4 rings (SSSR count). The molecule has 0 aliphatic heterocycles. The van der Waals surface area contributed by atoms with E-state index >= 15 is 0 Å². The second kappa shape index (κ2) is 5.95. The van der Waals surface area contributed by atoms with Gasteiger partial charge in [-0.15, -0.1) is 0 Å². The number of fused-ring (bicyclic) bond motifs is 1. The van der Waals surface area contributed by atoms with Crippen molar-refractivity contribution >= 4 is 23.5 Å². The van der Waals surface area contributed by atoms with Crippen LogP contribution in [0.5, 0.6) is 5.95 Å². The lowest BCUT2D eigenvalue weighted by Crippen LogP contribution is -2.04. The van der Waals surface area contributed by atoms with Crippen molar-refractivity contribution in [2.24, 2.45) is 0 Å². The first kappa shape index (κ1) is 15.2. The lowest BCUT2D eigenvalue weighted by atomic mass is 9.90. The Hall–Kier alpha value is -3.33. The molecule has 0 saturated heterocycles. The monoisotopic (exact) mass is 328 g/mol. The summed E-state index contributed by atoms with van der Waals surface area (Å²) < 4.78 is 5.49. The molecule has 3 nitrogen and oxygen atoms in total. The molecule has 2 aromatic carbocycles. The first-order chi connectivity index (χ1) is 12.1. The number of hydrogen-bond acceptors (Lipinski definition) is 3. The third-order valence-corrected chi connectivity index (χ3v) is 4.31. The summed E-state index contributed by atoms with van der Waals surface area (Å²) in [5.74, 6) is 0.288. The Morgan fingerprint density at radius 2 is 1.76 bits per heavy atom. The van der Waals surface area contributed by atoms with Crippen molar-refractivity contribution in [3.8, 4) is 17.3 Å². The van der Waals surface area contributed by atoms with Crippen LogP contribution in [0.25, 0.3) is 29.0 Å². The Balaban J connectivity index is 1.78. The maximum Gasteiger partial charge on any atom is 0.289 e. The minimum absolute atomic E-state index is 0.0869. The van der Waals surface area contributed by atoms with Gasteiger partial charge in [-0.05, 0) is 36.3 Å². The third kappa shape index (κ3) is 2.81. The van der Waals surface area contributed by atoms with Crippen LogP contribution in [0, 0.1) is 6.92 Å². The van der Waals surface area contributed by atoms with Crippen LogP contribution >= 0.6 is 0 Å². The largest absolute Gasteiger partial charge is 0.480 e. The standard InChI is InChI=1S/C22H16O3/c1-14-6-8-16(9-7-14)21-13-17(22(24)25-21)12-19-18-5-3-2-4-15(18)10-11-20(19)23/h2-13,24H,1H3. The Morgan fingerprint density at radius 1 is 1.00 bits per heavy atom. The average Bonchev–Trinajstić information content (AvgIpc) is 2.99. The SMILES string of the molecule is Cc1ccc(-c2cc(C=C3C(=O)C=Cc4ccccc43)c(O)o2)cc1. The number of ketones is 1. The van der Waals surface area contributed by atoms with E-state index in [0.717, 1.165) is 22.3 Å². The molecular formula is C22H16O3. The second-order valence-electron chi connectivity index (χ2n) is 6.08. The maximum absolute atomic E-state index is 12.3. The van der Waals surface area contributed by atoms with Crippen LogP contribution in [0.15, 0.2) is 65.1 Å². The first-order valence-electron chi connectivity index (χ1n) is 8.05. The molecule has 3 aromatic rings. The molecule has 0 atom stereocenters. The van der Waals surface area contributed by atoms with Gasteiger partial charge in [0.15, 0.2) is 5.78 Å². The van der Waals surface area contributed by atoms with Crippen LogP contribution in [0.4, 0.5) is 0 Å². The van der Waals surface area contributed by atoms with Gasteiger partial charge in [0.2, 0.25) is 0 Å². The minimum Gasteiger partial charge on any atom is -0.480 e. The molecular weight excluding hydrogens is 312 g/mol. The number of carbonyl (C=O) groups is 1.